The minimum Gasteiger partial charge on any atom is -0.495 e. The maximum absolute atomic E-state index is 13.1. The first-order chi connectivity index (χ1) is 12.1. The molecule has 128 valence electrons. The third kappa shape index (κ3) is 2.48. The van der Waals surface area contributed by atoms with Gasteiger partial charge in [-0.3, -0.25) is 9.69 Å². The van der Waals surface area contributed by atoms with Gasteiger partial charge in [0, 0.05) is 5.75 Å². The van der Waals surface area contributed by atoms with Gasteiger partial charge in [-0.1, -0.05) is 42.0 Å². The number of nitrogens with zero attached hydrogens (tertiary/aromatic N) is 2. The Balaban J connectivity index is 1.70. The fourth-order valence-electron chi connectivity index (χ4n) is 3.31. The molecule has 25 heavy (non-hydrogen) atoms. The summed E-state index contributed by atoms with van der Waals surface area (Å²) in [6.07, 6.45) is 0. The van der Waals surface area contributed by atoms with Crippen molar-refractivity contribution >= 4 is 29.4 Å². The van der Waals surface area contributed by atoms with Crippen LogP contribution in [0.5, 0.6) is 5.75 Å². The van der Waals surface area contributed by atoms with Gasteiger partial charge >= 0.3 is 6.03 Å². The van der Waals surface area contributed by atoms with E-state index in [1.807, 2.05) is 37.3 Å². The lowest BCUT2D eigenvalue weighted by molar-refractivity contribution is -0.119. The van der Waals surface area contributed by atoms with Crippen molar-refractivity contribution in [2.24, 2.45) is 0 Å². The van der Waals surface area contributed by atoms with Crippen molar-refractivity contribution in [3.05, 3.63) is 59.7 Å². The normalized spacial score (nSPS) is 22.5. The fourth-order valence-corrected chi connectivity index (χ4v) is 4.73. The van der Waals surface area contributed by atoms with Crippen LogP contribution >= 0.6 is 11.8 Å². The first-order valence-corrected chi connectivity index (χ1v) is 9.14. The van der Waals surface area contributed by atoms with Gasteiger partial charge in [0.25, 0.3) is 5.91 Å². The summed E-state index contributed by atoms with van der Waals surface area (Å²) in [7, 11) is 1.54. The largest absolute Gasteiger partial charge is 0.495 e. The summed E-state index contributed by atoms with van der Waals surface area (Å²) in [5.74, 6) is 0.941. The zero-order valence-electron chi connectivity index (χ0n) is 14.0. The fraction of sp³-hybridized carbons (Fsp3) is 0.263. The number of methoxy groups -OCH3 is 1. The van der Waals surface area contributed by atoms with E-state index in [2.05, 4.69) is 0 Å². The number of benzene rings is 2. The highest BCUT2D eigenvalue weighted by Crippen LogP contribution is 2.47. The highest BCUT2D eigenvalue weighted by molar-refractivity contribution is 7.99. The quantitative estimate of drug-likeness (QED) is 0.791. The predicted molar refractivity (Wildman–Crippen MR) is 97.9 cm³/mol. The zero-order chi connectivity index (χ0) is 17.6. The van der Waals surface area contributed by atoms with Crippen molar-refractivity contribution in [1.29, 1.82) is 0 Å². The highest BCUT2D eigenvalue weighted by atomic mass is 32.2. The van der Waals surface area contributed by atoms with Gasteiger partial charge in [-0.15, -0.1) is 11.8 Å². The molecule has 0 radical (unpaired) electrons. The number of para-hydroxylation sites is 2. The van der Waals surface area contributed by atoms with E-state index in [-0.39, 0.29) is 17.3 Å². The molecule has 6 heteroatoms. The van der Waals surface area contributed by atoms with Crippen LogP contribution in [0.2, 0.25) is 0 Å². The number of hydrogen-bond acceptors (Lipinski definition) is 4. The first-order valence-electron chi connectivity index (χ1n) is 8.09. The Bertz CT molecular complexity index is 837. The monoisotopic (exact) mass is 354 g/mol. The number of rotatable bonds is 3. The molecule has 5 nitrogen and oxygen atoms in total. The molecule has 2 aromatic carbocycles. The molecule has 2 fully saturated rings. The van der Waals surface area contributed by atoms with Gasteiger partial charge in [-0.05, 0) is 24.6 Å². The maximum Gasteiger partial charge on any atom is 0.333 e. The molecule has 0 aliphatic carbocycles. The number of aryl methyl sites for hydroxylation is 1. The smallest absolute Gasteiger partial charge is 0.333 e. The molecule has 2 aromatic rings. The van der Waals surface area contributed by atoms with Gasteiger partial charge in [0.1, 0.15) is 17.2 Å². The van der Waals surface area contributed by atoms with Crippen LogP contribution in [0.3, 0.4) is 0 Å². The van der Waals surface area contributed by atoms with Crippen LogP contribution in [0.15, 0.2) is 48.5 Å². The van der Waals surface area contributed by atoms with E-state index in [0.717, 1.165) is 5.56 Å². The van der Waals surface area contributed by atoms with Crippen molar-refractivity contribution in [2.75, 3.05) is 17.8 Å². The molecule has 0 bridgehead atoms. The summed E-state index contributed by atoms with van der Waals surface area (Å²) < 4.78 is 5.33. The number of amides is 3. The molecular weight excluding hydrogens is 336 g/mol. The van der Waals surface area contributed by atoms with Crippen LogP contribution in [0, 0.1) is 6.92 Å². The van der Waals surface area contributed by atoms with Crippen molar-refractivity contribution in [3.63, 3.8) is 0 Å². The van der Waals surface area contributed by atoms with Gasteiger partial charge in [-0.25, -0.2) is 9.69 Å². The number of fused-ring (bicyclic) bond motifs is 1. The SMILES string of the molecule is COc1ccccc1N1C(=O)[C@H]2CS[C@@H](c3ccc(C)cc3)N2C1=O. The molecule has 0 saturated carbocycles. The number of urea groups is 1. The van der Waals surface area contributed by atoms with Crippen molar-refractivity contribution in [1.82, 2.24) is 4.90 Å². The number of carbonyl (C=O) groups is 2. The van der Waals surface area contributed by atoms with E-state index >= 15 is 0 Å². The van der Waals surface area contributed by atoms with E-state index in [9.17, 15) is 9.59 Å². The molecule has 0 unspecified atom stereocenters. The maximum atomic E-state index is 13.1. The summed E-state index contributed by atoms with van der Waals surface area (Å²) in [5.41, 5.74) is 2.71. The molecule has 0 aromatic heterocycles. The Morgan fingerprint density at radius 3 is 2.52 bits per heavy atom. The number of imide groups is 1. The number of ether oxygens (including phenoxy) is 1. The van der Waals surface area contributed by atoms with Crippen LogP contribution < -0.4 is 9.64 Å². The molecular formula is C19H18N2O3S. The minimum absolute atomic E-state index is 0.137. The molecule has 2 aliphatic rings. The van der Waals surface area contributed by atoms with Crippen molar-refractivity contribution < 1.29 is 14.3 Å². The van der Waals surface area contributed by atoms with E-state index in [1.165, 1.54) is 17.6 Å². The Labute approximate surface area is 150 Å². The molecule has 2 atom stereocenters. The molecule has 2 saturated heterocycles. The van der Waals surface area contributed by atoms with Gasteiger partial charge < -0.3 is 4.74 Å². The molecule has 3 amide bonds. The molecule has 0 N–H and O–H groups in total. The van der Waals surface area contributed by atoms with E-state index in [0.29, 0.717) is 17.2 Å². The summed E-state index contributed by atoms with van der Waals surface area (Å²) >= 11 is 1.63. The average molecular weight is 354 g/mol. The number of thioether (sulfide) groups is 1. The predicted octanol–water partition coefficient (Wildman–Crippen LogP) is 3.59. The molecule has 2 aliphatic heterocycles. The van der Waals surface area contributed by atoms with Crippen LogP contribution in [-0.2, 0) is 4.79 Å². The first kappa shape index (κ1) is 16.0. The standard InChI is InChI=1S/C19H18N2O3S/c1-12-7-9-13(10-8-12)18-21-15(11-25-18)17(22)20(19(21)23)14-5-3-4-6-16(14)24-2/h3-10,15,18H,11H2,1-2H3/t15-,18+/m1/s1. The second-order valence-electron chi connectivity index (χ2n) is 6.15. The Morgan fingerprint density at radius 1 is 1.08 bits per heavy atom. The summed E-state index contributed by atoms with van der Waals surface area (Å²) in [5, 5.41) is -0.137. The number of carbonyl (C=O) groups excluding carboxylic acids is 2. The number of hydrogen-bond donors (Lipinski definition) is 0. The van der Waals surface area contributed by atoms with Crippen LogP contribution in [0.25, 0.3) is 0 Å². The van der Waals surface area contributed by atoms with Crippen LogP contribution in [0.1, 0.15) is 16.5 Å². The third-order valence-corrected chi connectivity index (χ3v) is 5.93. The Morgan fingerprint density at radius 2 is 1.80 bits per heavy atom. The van der Waals surface area contributed by atoms with Crippen LogP contribution in [0.4, 0.5) is 10.5 Å². The Kier molecular flexibility index (Phi) is 3.92. The molecule has 2 heterocycles. The summed E-state index contributed by atoms with van der Waals surface area (Å²) in [6.45, 7) is 2.03. The zero-order valence-corrected chi connectivity index (χ0v) is 14.8. The molecule has 0 spiro atoms. The van der Waals surface area contributed by atoms with Gasteiger partial charge in [0.2, 0.25) is 0 Å². The lowest BCUT2D eigenvalue weighted by Gasteiger charge is -2.23. The lowest BCUT2D eigenvalue weighted by atomic mass is 10.1. The van der Waals surface area contributed by atoms with Crippen molar-refractivity contribution in [3.8, 4) is 5.75 Å². The topological polar surface area (TPSA) is 49.9 Å². The van der Waals surface area contributed by atoms with Crippen molar-refractivity contribution in [2.45, 2.75) is 18.3 Å². The van der Waals surface area contributed by atoms with E-state index in [4.69, 9.17) is 4.74 Å². The van der Waals surface area contributed by atoms with Crippen LogP contribution in [-0.4, -0.2) is 35.7 Å². The summed E-state index contributed by atoms with van der Waals surface area (Å²) in [6, 6.07) is 14.5. The Hall–Kier alpha value is -2.47. The minimum atomic E-state index is -0.422. The number of anilines is 1. The molecule has 4 rings (SSSR count). The lowest BCUT2D eigenvalue weighted by Crippen LogP contribution is -2.34. The third-order valence-electron chi connectivity index (χ3n) is 4.61. The second-order valence-corrected chi connectivity index (χ2v) is 7.26. The van der Waals surface area contributed by atoms with Gasteiger partial charge in [0.05, 0.1) is 12.8 Å². The van der Waals surface area contributed by atoms with E-state index < -0.39 is 6.04 Å². The van der Waals surface area contributed by atoms with Gasteiger partial charge in [-0.2, -0.15) is 0 Å². The second kappa shape index (κ2) is 6.11. The van der Waals surface area contributed by atoms with E-state index in [1.54, 1.807) is 34.9 Å². The average Bonchev–Trinajstić information content (AvgIpc) is 3.16. The van der Waals surface area contributed by atoms with Gasteiger partial charge in [0.15, 0.2) is 0 Å². The highest BCUT2D eigenvalue weighted by Gasteiger charge is 2.53. The summed E-state index contributed by atoms with van der Waals surface area (Å²) in [4.78, 5) is 28.9.